The highest BCUT2D eigenvalue weighted by atomic mass is 16.7. The number of rotatable bonds is 2. The minimum atomic E-state index is -0.691. The van der Waals surface area contributed by atoms with Gasteiger partial charge in [-0.05, 0) is 7.05 Å². The van der Waals surface area contributed by atoms with E-state index in [0.29, 0.717) is 24.8 Å². The van der Waals surface area contributed by atoms with Crippen LogP contribution in [0.2, 0.25) is 0 Å². The Labute approximate surface area is 105 Å². The molecule has 2 N–H and O–H groups in total. The Morgan fingerprint density at radius 3 is 2.56 bits per heavy atom. The largest absolute Gasteiger partial charge is 0.347 e. The molecule has 0 aliphatic carbocycles. The summed E-state index contributed by atoms with van der Waals surface area (Å²) in [5.41, 5.74) is 4.79. The van der Waals surface area contributed by atoms with Crippen LogP contribution in [0.25, 0.3) is 0 Å². The van der Waals surface area contributed by atoms with E-state index in [-0.39, 0.29) is 5.69 Å². The van der Waals surface area contributed by atoms with Crippen molar-refractivity contribution >= 4 is 5.69 Å². The highest BCUT2D eigenvalue weighted by Crippen LogP contribution is 2.30. The summed E-state index contributed by atoms with van der Waals surface area (Å²) >= 11 is 0. The van der Waals surface area contributed by atoms with E-state index in [2.05, 4.69) is 10.8 Å². The number of nitro groups is 1. The molecule has 102 valence electrons. The maximum absolute atomic E-state index is 10.8. The van der Waals surface area contributed by atoms with Crippen LogP contribution in [0, 0.1) is 16.0 Å². The minimum absolute atomic E-state index is 0.0675. The van der Waals surface area contributed by atoms with Crippen LogP contribution in [-0.4, -0.2) is 35.0 Å². The first-order valence-electron chi connectivity index (χ1n) is 5.57. The quantitative estimate of drug-likeness (QED) is 0.614. The maximum Gasteiger partial charge on any atom is 0.315 e. The number of ether oxygens (including phenoxy) is 2. The fourth-order valence-electron chi connectivity index (χ4n) is 1.61. The normalized spacial score (nSPS) is 23.1. The van der Waals surface area contributed by atoms with E-state index >= 15 is 0 Å². The van der Waals surface area contributed by atoms with Crippen molar-refractivity contribution in [2.75, 3.05) is 20.3 Å². The molecule has 8 nitrogen and oxygen atoms in total. The Kier molecular flexibility index (Phi) is 5.20. The highest BCUT2D eigenvalue weighted by Gasteiger charge is 2.31. The summed E-state index contributed by atoms with van der Waals surface area (Å²) in [7, 11) is 3.13. The van der Waals surface area contributed by atoms with Gasteiger partial charge in [-0.1, -0.05) is 6.92 Å². The third kappa shape index (κ3) is 3.03. The van der Waals surface area contributed by atoms with Crippen molar-refractivity contribution in [1.82, 2.24) is 9.78 Å². The van der Waals surface area contributed by atoms with E-state index in [0.717, 1.165) is 0 Å². The zero-order valence-corrected chi connectivity index (χ0v) is 10.7. The van der Waals surface area contributed by atoms with Gasteiger partial charge in [-0.25, -0.2) is 0 Å². The molecular formula is C10H18N4O4. The third-order valence-electron chi connectivity index (χ3n) is 2.45. The SMILES string of the molecule is CC1COC(c2c([N+](=O)[O-])cnn2C)OC1.CN. The van der Waals surface area contributed by atoms with Gasteiger partial charge < -0.3 is 15.2 Å². The number of hydrogen-bond donors (Lipinski definition) is 1. The lowest BCUT2D eigenvalue weighted by Crippen LogP contribution is -2.26. The Morgan fingerprint density at radius 1 is 1.50 bits per heavy atom. The standard InChI is InChI=1S/C9H13N3O4.CH5N/c1-6-4-15-9(16-5-6)8-7(12(13)14)3-10-11(8)2;1-2/h3,6,9H,4-5H2,1-2H3;2H2,1H3. The van der Waals surface area contributed by atoms with Gasteiger partial charge >= 0.3 is 5.69 Å². The number of aryl methyl sites for hydroxylation is 1. The number of nitrogens with two attached hydrogens (primary N) is 1. The van der Waals surface area contributed by atoms with Gasteiger partial charge in [-0.2, -0.15) is 5.10 Å². The van der Waals surface area contributed by atoms with Crippen LogP contribution in [-0.2, 0) is 16.5 Å². The number of aromatic nitrogens is 2. The topological polar surface area (TPSA) is 105 Å². The van der Waals surface area contributed by atoms with Gasteiger partial charge in [-0.15, -0.1) is 0 Å². The fourth-order valence-corrected chi connectivity index (χ4v) is 1.61. The summed E-state index contributed by atoms with van der Waals surface area (Å²) in [5, 5.41) is 14.6. The molecule has 1 aliphatic rings. The maximum atomic E-state index is 10.8. The average molecular weight is 258 g/mol. The Morgan fingerprint density at radius 2 is 2.06 bits per heavy atom. The molecule has 0 bridgehead atoms. The van der Waals surface area contributed by atoms with Crippen LogP contribution >= 0.6 is 0 Å². The van der Waals surface area contributed by atoms with E-state index in [1.807, 2.05) is 6.92 Å². The smallest absolute Gasteiger partial charge is 0.315 e. The number of nitrogens with zero attached hydrogens (tertiary/aromatic N) is 3. The lowest BCUT2D eigenvalue weighted by atomic mass is 10.2. The summed E-state index contributed by atoms with van der Waals surface area (Å²) in [6, 6.07) is 0. The summed E-state index contributed by atoms with van der Waals surface area (Å²) in [6.45, 7) is 3.06. The van der Waals surface area contributed by atoms with Gasteiger partial charge in [0.15, 0.2) is 5.69 Å². The first-order valence-corrected chi connectivity index (χ1v) is 5.57. The Bertz CT molecular complexity index is 399. The van der Waals surface area contributed by atoms with Crippen LogP contribution in [0.1, 0.15) is 18.9 Å². The summed E-state index contributed by atoms with van der Waals surface area (Å²) in [6.07, 6.45) is 0.518. The molecule has 0 atom stereocenters. The second-order valence-corrected chi connectivity index (χ2v) is 3.90. The molecule has 0 saturated carbocycles. The lowest BCUT2D eigenvalue weighted by Gasteiger charge is -2.26. The van der Waals surface area contributed by atoms with Gasteiger partial charge in [-0.3, -0.25) is 14.8 Å². The Hall–Kier alpha value is -1.51. The summed E-state index contributed by atoms with van der Waals surface area (Å²) < 4.78 is 12.3. The van der Waals surface area contributed by atoms with Crippen LogP contribution in [0.15, 0.2) is 6.20 Å². The summed E-state index contributed by atoms with van der Waals surface area (Å²) in [5.74, 6) is 0.309. The van der Waals surface area contributed by atoms with Gasteiger partial charge in [0.1, 0.15) is 6.20 Å². The van der Waals surface area contributed by atoms with Gasteiger partial charge in [0.2, 0.25) is 6.29 Å². The molecule has 1 saturated heterocycles. The van der Waals surface area contributed by atoms with E-state index in [1.54, 1.807) is 7.05 Å². The van der Waals surface area contributed by atoms with Crippen molar-refractivity contribution in [2.24, 2.45) is 18.7 Å². The van der Waals surface area contributed by atoms with Crippen LogP contribution in [0.3, 0.4) is 0 Å². The molecule has 2 heterocycles. The second-order valence-electron chi connectivity index (χ2n) is 3.90. The molecule has 18 heavy (non-hydrogen) atoms. The van der Waals surface area contributed by atoms with E-state index < -0.39 is 11.2 Å². The van der Waals surface area contributed by atoms with E-state index in [9.17, 15) is 10.1 Å². The predicted molar refractivity (Wildman–Crippen MR) is 63.8 cm³/mol. The zero-order valence-electron chi connectivity index (χ0n) is 10.7. The van der Waals surface area contributed by atoms with Gasteiger partial charge in [0.05, 0.1) is 18.1 Å². The predicted octanol–water partition coefficient (Wildman–Crippen LogP) is 0.585. The first kappa shape index (κ1) is 14.6. The van der Waals surface area contributed by atoms with Crippen LogP contribution in [0.4, 0.5) is 5.69 Å². The van der Waals surface area contributed by atoms with Crippen molar-refractivity contribution in [3.8, 4) is 0 Å². The zero-order chi connectivity index (χ0) is 13.7. The fraction of sp³-hybridized carbons (Fsp3) is 0.700. The van der Waals surface area contributed by atoms with Crippen molar-refractivity contribution in [3.63, 3.8) is 0 Å². The molecule has 8 heteroatoms. The molecule has 0 unspecified atom stereocenters. The third-order valence-corrected chi connectivity index (χ3v) is 2.45. The average Bonchev–Trinajstić information content (AvgIpc) is 2.75. The van der Waals surface area contributed by atoms with E-state index in [4.69, 9.17) is 9.47 Å². The second kappa shape index (κ2) is 6.43. The van der Waals surface area contributed by atoms with Crippen molar-refractivity contribution in [1.29, 1.82) is 0 Å². The molecule has 0 amide bonds. The highest BCUT2D eigenvalue weighted by molar-refractivity contribution is 5.33. The van der Waals surface area contributed by atoms with Crippen molar-refractivity contribution < 1.29 is 14.4 Å². The molecule has 0 radical (unpaired) electrons. The van der Waals surface area contributed by atoms with Crippen molar-refractivity contribution in [2.45, 2.75) is 13.2 Å². The van der Waals surface area contributed by atoms with Crippen LogP contribution < -0.4 is 5.73 Å². The first-order chi connectivity index (χ1) is 8.59. The molecule has 1 aromatic heterocycles. The lowest BCUT2D eigenvalue weighted by molar-refractivity contribution is -0.387. The summed E-state index contributed by atoms with van der Waals surface area (Å²) in [4.78, 5) is 10.3. The molecule has 1 aromatic rings. The number of hydrogen-bond acceptors (Lipinski definition) is 6. The molecule has 0 aromatic carbocycles. The van der Waals surface area contributed by atoms with Crippen LogP contribution in [0.5, 0.6) is 0 Å². The molecule has 0 spiro atoms. The molecule has 1 aliphatic heterocycles. The van der Waals surface area contributed by atoms with Gasteiger partial charge in [0, 0.05) is 13.0 Å². The van der Waals surface area contributed by atoms with E-state index in [1.165, 1.54) is 17.9 Å². The monoisotopic (exact) mass is 258 g/mol. The molecule has 1 fully saturated rings. The van der Waals surface area contributed by atoms with Crippen molar-refractivity contribution in [3.05, 3.63) is 22.0 Å². The van der Waals surface area contributed by atoms with Gasteiger partial charge in [0.25, 0.3) is 0 Å². The molecular weight excluding hydrogens is 240 g/mol. The Balaban J connectivity index is 0.000000771. The minimum Gasteiger partial charge on any atom is -0.347 e. The molecule has 2 rings (SSSR count).